The Labute approximate surface area is 152 Å². The Hall–Kier alpha value is -2.16. The van der Waals surface area contributed by atoms with E-state index in [1.54, 1.807) is 0 Å². The number of fused-ring (bicyclic) bond motifs is 4. The van der Waals surface area contributed by atoms with E-state index in [4.69, 9.17) is 0 Å². The Balaban J connectivity index is 1.81. The molecule has 4 aromatic carbocycles. The van der Waals surface area contributed by atoms with Crippen LogP contribution in [-0.4, -0.2) is 0 Å². The molecule has 5 rings (SSSR count). The van der Waals surface area contributed by atoms with E-state index in [9.17, 15) is 0 Å². The van der Waals surface area contributed by atoms with Crippen LogP contribution in [0.25, 0.3) is 42.1 Å². The zero-order valence-corrected chi connectivity index (χ0v) is 15.2. The maximum Gasteiger partial charge on any atom is 0.0433 e. The predicted octanol–water partition coefficient (Wildman–Crippen LogP) is 7.64. The molecule has 1 heterocycles. The van der Waals surface area contributed by atoms with Gasteiger partial charge in [-0.15, -0.1) is 11.3 Å². The van der Waals surface area contributed by atoms with Crippen LogP contribution in [0, 0.1) is 0 Å². The van der Waals surface area contributed by atoms with Gasteiger partial charge in [0.05, 0.1) is 0 Å². The van der Waals surface area contributed by atoms with Crippen molar-refractivity contribution in [1.82, 2.24) is 0 Å². The number of hydrogen-bond donors (Lipinski definition) is 0. The summed E-state index contributed by atoms with van der Waals surface area (Å²) in [5.74, 6) is 0. The first-order chi connectivity index (χ1) is 11.8. The second kappa shape index (κ2) is 5.44. The van der Waals surface area contributed by atoms with Crippen molar-refractivity contribution in [3.63, 3.8) is 0 Å². The van der Waals surface area contributed by atoms with Crippen LogP contribution in [0.4, 0.5) is 0 Å². The molecule has 1 aromatic heterocycles. The molecule has 0 saturated heterocycles. The van der Waals surface area contributed by atoms with Crippen LogP contribution >= 0.6 is 27.3 Å². The standard InChI is InChI=1S/C22H13BrS/c23-17-11-10-14-12-16(9-8-15(14)13-17)18-5-3-6-20-19-4-1-2-7-21(19)24-22(18)20/h1-13H. The third-order valence-electron chi connectivity index (χ3n) is 4.52. The fourth-order valence-electron chi connectivity index (χ4n) is 3.36. The zero-order chi connectivity index (χ0) is 16.1. The van der Waals surface area contributed by atoms with Crippen molar-refractivity contribution in [2.24, 2.45) is 0 Å². The molecule has 0 saturated carbocycles. The molecule has 0 bridgehead atoms. The highest BCUT2D eigenvalue weighted by atomic mass is 79.9. The van der Waals surface area contributed by atoms with Gasteiger partial charge in [0.15, 0.2) is 0 Å². The van der Waals surface area contributed by atoms with Gasteiger partial charge >= 0.3 is 0 Å². The quantitative estimate of drug-likeness (QED) is 0.276. The minimum absolute atomic E-state index is 1.12. The molecular formula is C22H13BrS. The first-order valence-electron chi connectivity index (χ1n) is 7.89. The average Bonchev–Trinajstić information content (AvgIpc) is 3.00. The van der Waals surface area contributed by atoms with Crippen LogP contribution in [0.15, 0.2) is 83.3 Å². The predicted molar refractivity (Wildman–Crippen MR) is 110 cm³/mol. The summed E-state index contributed by atoms with van der Waals surface area (Å²) in [6.45, 7) is 0. The van der Waals surface area contributed by atoms with Gasteiger partial charge in [0.2, 0.25) is 0 Å². The van der Waals surface area contributed by atoms with Crippen molar-refractivity contribution in [1.29, 1.82) is 0 Å². The Morgan fingerprint density at radius 3 is 2.42 bits per heavy atom. The van der Waals surface area contributed by atoms with E-state index in [1.807, 2.05) is 11.3 Å². The van der Waals surface area contributed by atoms with Crippen LogP contribution in [-0.2, 0) is 0 Å². The molecule has 114 valence electrons. The van der Waals surface area contributed by atoms with E-state index in [-0.39, 0.29) is 0 Å². The number of benzene rings is 4. The second-order valence-electron chi connectivity index (χ2n) is 5.99. The van der Waals surface area contributed by atoms with Crippen molar-refractivity contribution in [3.05, 3.63) is 83.3 Å². The molecule has 0 unspecified atom stereocenters. The summed E-state index contributed by atoms with van der Waals surface area (Å²) >= 11 is 5.43. The van der Waals surface area contributed by atoms with Crippen molar-refractivity contribution >= 4 is 58.2 Å². The minimum Gasteiger partial charge on any atom is -0.135 e. The topological polar surface area (TPSA) is 0 Å². The molecule has 0 fully saturated rings. The van der Waals surface area contributed by atoms with E-state index in [1.165, 1.54) is 42.1 Å². The number of hydrogen-bond acceptors (Lipinski definition) is 1. The molecule has 0 atom stereocenters. The van der Waals surface area contributed by atoms with Crippen molar-refractivity contribution in [3.8, 4) is 11.1 Å². The summed E-state index contributed by atoms with van der Waals surface area (Å²) in [4.78, 5) is 0. The summed E-state index contributed by atoms with van der Waals surface area (Å²) in [7, 11) is 0. The van der Waals surface area contributed by atoms with Gasteiger partial charge in [0.25, 0.3) is 0 Å². The molecule has 24 heavy (non-hydrogen) atoms. The molecule has 5 aromatic rings. The normalized spacial score (nSPS) is 11.5. The van der Waals surface area contributed by atoms with Gasteiger partial charge < -0.3 is 0 Å². The lowest BCUT2D eigenvalue weighted by Crippen LogP contribution is -1.80. The lowest BCUT2D eigenvalue weighted by Gasteiger charge is -2.06. The fraction of sp³-hybridized carbons (Fsp3) is 0. The van der Waals surface area contributed by atoms with Crippen LogP contribution in [0.5, 0.6) is 0 Å². The van der Waals surface area contributed by atoms with Crippen molar-refractivity contribution in [2.75, 3.05) is 0 Å². The summed E-state index contributed by atoms with van der Waals surface area (Å²) < 4.78 is 3.84. The molecule has 0 nitrogen and oxygen atoms in total. The minimum atomic E-state index is 1.12. The Morgan fingerprint density at radius 2 is 1.46 bits per heavy atom. The lowest BCUT2D eigenvalue weighted by atomic mass is 9.99. The highest BCUT2D eigenvalue weighted by molar-refractivity contribution is 9.10. The number of thiophene rings is 1. The molecule has 0 aliphatic carbocycles. The number of rotatable bonds is 1. The smallest absolute Gasteiger partial charge is 0.0433 e. The second-order valence-corrected chi connectivity index (χ2v) is 7.95. The number of halogens is 1. The van der Waals surface area contributed by atoms with E-state index < -0.39 is 0 Å². The molecule has 2 heteroatoms. The molecule has 0 amide bonds. The largest absolute Gasteiger partial charge is 0.135 e. The van der Waals surface area contributed by atoms with Crippen LogP contribution in [0.3, 0.4) is 0 Å². The van der Waals surface area contributed by atoms with Crippen molar-refractivity contribution in [2.45, 2.75) is 0 Å². The summed E-state index contributed by atoms with van der Waals surface area (Å²) in [6, 6.07) is 28.5. The van der Waals surface area contributed by atoms with E-state index in [2.05, 4.69) is 94.8 Å². The Morgan fingerprint density at radius 1 is 0.667 bits per heavy atom. The summed E-state index contributed by atoms with van der Waals surface area (Å²) in [5.41, 5.74) is 2.60. The highest BCUT2D eigenvalue weighted by Gasteiger charge is 2.10. The average molecular weight is 389 g/mol. The van der Waals surface area contributed by atoms with Gasteiger partial charge in [0.1, 0.15) is 0 Å². The monoisotopic (exact) mass is 388 g/mol. The zero-order valence-electron chi connectivity index (χ0n) is 12.8. The third kappa shape index (κ3) is 2.18. The van der Waals surface area contributed by atoms with E-state index in [0.29, 0.717) is 0 Å². The maximum atomic E-state index is 3.55. The molecule has 0 spiro atoms. The van der Waals surface area contributed by atoms with Gasteiger partial charge in [-0.05, 0) is 46.2 Å². The summed E-state index contributed by atoms with van der Waals surface area (Å²) in [6.07, 6.45) is 0. The molecular weight excluding hydrogens is 376 g/mol. The van der Waals surface area contributed by atoms with Gasteiger partial charge in [-0.2, -0.15) is 0 Å². The Kier molecular flexibility index (Phi) is 3.22. The third-order valence-corrected chi connectivity index (χ3v) is 6.23. The SMILES string of the molecule is Brc1ccc2cc(-c3cccc4c3sc3ccccc34)ccc2c1. The maximum absolute atomic E-state index is 3.55. The van der Waals surface area contributed by atoms with Crippen LogP contribution in [0.2, 0.25) is 0 Å². The molecule has 0 aliphatic heterocycles. The van der Waals surface area contributed by atoms with Crippen LogP contribution in [0.1, 0.15) is 0 Å². The van der Waals surface area contributed by atoms with Gasteiger partial charge in [-0.3, -0.25) is 0 Å². The fourth-order valence-corrected chi connectivity index (χ4v) is 4.98. The molecule has 0 aliphatic rings. The Bertz CT molecular complexity index is 1220. The lowest BCUT2D eigenvalue weighted by molar-refractivity contribution is 1.68. The molecule has 0 radical (unpaired) electrons. The molecule has 0 N–H and O–H groups in total. The highest BCUT2D eigenvalue weighted by Crippen LogP contribution is 2.40. The first-order valence-corrected chi connectivity index (χ1v) is 9.50. The van der Waals surface area contributed by atoms with Gasteiger partial charge in [-0.1, -0.05) is 70.5 Å². The van der Waals surface area contributed by atoms with Crippen molar-refractivity contribution < 1.29 is 0 Å². The van der Waals surface area contributed by atoms with Gasteiger partial charge in [0, 0.05) is 24.6 Å². The van der Waals surface area contributed by atoms with E-state index in [0.717, 1.165) is 4.47 Å². The summed E-state index contributed by atoms with van der Waals surface area (Å²) in [5, 5.41) is 5.23. The van der Waals surface area contributed by atoms with E-state index >= 15 is 0 Å². The first kappa shape index (κ1) is 14.2. The van der Waals surface area contributed by atoms with Gasteiger partial charge in [-0.25, -0.2) is 0 Å². The van der Waals surface area contributed by atoms with Crippen LogP contribution < -0.4 is 0 Å².